The third kappa shape index (κ3) is 4.79. The second-order valence-corrected chi connectivity index (χ2v) is 5.12. The van der Waals surface area contributed by atoms with Gasteiger partial charge in [0, 0.05) is 20.3 Å². The maximum Gasteiger partial charge on any atom is 0.418 e. The zero-order valence-electron chi connectivity index (χ0n) is 13.7. The van der Waals surface area contributed by atoms with E-state index in [4.69, 9.17) is 4.74 Å². The second-order valence-electron chi connectivity index (χ2n) is 5.12. The van der Waals surface area contributed by atoms with Gasteiger partial charge in [0.05, 0.1) is 16.2 Å². The Morgan fingerprint density at radius 2 is 1.92 bits per heavy atom. The van der Waals surface area contributed by atoms with E-state index in [1.54, 1.807) is 0 Å². The first-order chi connectivity index (χ1) is 12.3. The number of nitrogens with zero attached hydrogens (tertiary/aromatic N) is 3. The first-order valence-electron chi connectivity index (χ1n) is 7.50. The molecule has 1 aromatic heterocycles. The van der Waals surface area contributed by atoms with E-state index in [-0.39, 0.29) is 17.3 Å². The van der Waals surface area contributed by atoms with E-state index in [2.05, 4.69) is 20.6 Å². The monoisotopic (exact) mass is 371 g/mol. The SMILES string of the molecule is COCCCNc1ncnc(Nc2ccccc2C(F)(F)F)c1[N+](=O)[O-]. The Morgan fingerprint density at radius 3 is 2.58 bits per heavy atom. The summed E-state index contributed by atoms with van der Waals surface area (Å²) in [4.78, 5) is 18.2. The van der Waals surface area contributed by atoms with Crippen LogP contribution in [-0.4, -0.2) is 35.2 Å². The molecule has 2 aromatic rings. The fourth-order valence-corrected chi connectivity index (χ4v) is 2.16. The van der Waals surface area contributed by atoms with Crippen molar-refractivity contribution in [3.63, 3.8) is 0 Å². The average molecular weight is 371 g/mol. The Bertz CT molecular complexity index is 770. The highest BCUT2D eigenvalue weighted by molar-refractivity contribution is 5.74. The Balaban J connectivity index is 2.34. The molecular weight excluding hydrogens is 355 g/mol. The molecule has 0 radical (unpaired) electrons. The Morgan fingerprint density at radius 1 is 1.23 bits per heavy atom. The Labute approximate surface area is 146 Å². The first kappa shape index (κ1) is 19.4. The van der Waals surface area contributed by atoms with Crippen LogP contribution in [0, 0.1) is 10.1 Å². The highest BCUT2D eigenvalue weighted by Gasteiger charge is 2.34. The van der Waals surface area contributed by atoms with Crippen molar-refractivity contribution in [3.8, 4) is 0 Å². The van der Waals surface area contributed by atoms with E-state index >= 15 is 0 Å². The lowest BCUT2D eigenvalue weighted by Crippen LogP contribution is -2.12. The van der Waals surface area contributed by atoms with Gasteiger partial charge >= 0.3 is 11.9 Å². The number of alkyl halides is 3. The third-order valence-electron chi connectivity index (χ3n) is 3.31. The van der Waals surface area contributed by atoms with Gasteiger partial charge in [-0.2, -0.15) is 13.2 Å². The minimum absolute atomic E-state index is 0.0897. The van der Waals surface area contributed by atoms with Crippen LogP contribution in [0.4, 0.5) is 36.2 Å². The number of hydrogen-bond acceptors (Lipinski definition) is 7. The average Bonchev–Trinajstić information content (AvgIpc) is 2.58. The highest BCUT2D eigenvalue weighted by Crippen LogP contribution is 2.38. The highest BCUT2D eigenvalue weighted by atomic mass is 19.4. The molecule has 11 heteroatoms. The van der Waals surface area contributed by atoms with E-state index in [1.807, 2.05) is 0 Å². The van der Waals surface area contributed by atoms with Crippen molar-refractivity contribution in [2.24, 2.45) is 0 Å². The van der Waals surface area contributed by atoms with Gasteiger partial charge in [-0.15, -0.1) is 0 Å². The third-order valence-corrected chi connectivity index (χ3v) is 3.31. The number of rotatable bonds is 8. The summed E-state index contributed by atoms with van der Waals surface area (Å²) in [6.07, 6.45) is -3.02. The molecule has 0 spiro atoms. The Kier molecular flexibility index (Phi) is 6.28. The predicted molar refractivity (Wildman–Crippen MR) is 88.4 cm³/mol. The fourth-order valence-electron chi connectivity index (χ4n) is 2.16. The number of nitro groups is 1. The van der Waals surface area contributed by atoms with Gasteiger partial charge in [0.2, 0.25) is 11.6 Å². The molecule has 26 heavy (non-hydrogen) atoms. The molecule has 0 fully saturated rings. The van der Waals surface area contributed by atoms with Gasteiger partial charge in [0.1, 0.15) is 6.33 Å². The van der Waals surface area contributed by atoms with Gasteiger partial charge in [-0.25, -0.2) is 9.97 Å². The topological polar surface area (TPSA) is 102 Å². The first-order valence-corrected chi connectivity index (χ1v) is 7.50. The number of aromatic nitrogens is 2. The van der Waals surface area contributed by atoms with Crippen molar-refractivity contribution in [3.05, 3.63) is 46.3 Å². The van der Waals surface area contributed by atoms with E-state index in [9.17, 15) is 23.3 Å². The summed E-state index contributed by atoms with van der Waals surface area (Å²) in [5.74, 6) is -0.427. The van der Waals surface area contributed by atoms with Crippen molar-refractivity contribution in [1.29, 1.82) is 0 Å². The summed E-state index contributed by atoms with van der Waals surface area (Å²) >= 11 is 0. The van der Waals surface area contributed by atoms with Crippen LogP contribution in [0.25, 0.3) is 0 Å². The van der Waals surface area contributed by atoms with Crippen LogP contribution in [0.1, 0.15) is 12.0 Å². The van der Waals surface area contributed by atoms with Gasteiger partial charge in [-0.3, -0.25) is 10.1 Å². The van der Waals surface area contributed by atoms with Crippen molar-refractivity contribution in [2.45, 2.75) is 12.6 Å². The molecule has 140 valence electrons. The van der Waals surface area contributed by atoms with Crippen molar-refractivity contribution in [1.82, 2.24) is 9.97 Å². The molecular formula is C15H16F3N5O3. The number of halogens is 3. The lowest BCUT2D eigenvalue weighted by molar-refractivity contribution is -0.383. The van der Waals surface area contributed by atoms with Gasteiger partial charge in [-0.1, -0.05) is 12.1 Å². The summed E-state index contributed by atoms with van der Waals surface area (Å²) in [6.45, 7) is 0.778. The number of benzene rings is 1. The van der Waals surface area contributed by atoms with Crippen molar-refractivity contribution in [2.75, 3.05) is 30.9 Å². The minimum atomic E-state index is -4.62. The number of methoxy groups -OCH3 is 1. The summed E-state index contributed by atoms with van der Waals surface area (Å²) in [5, 5.41) is 16.6. The van der Waals surface area contributed by atoms with Crippen LogP contribution < -0.4 is 10.6 Å². The zero-order valence-corrected chi connectivity index (χ0v) is 13.7. The van der Waals surface area contributed by atoms with Crippen LogP contribution in [0.3, 0.4) is 0 Å². The standard InChI is InChI=1S/C15H16F3N5O3/c1-26-8-4-7-19-13-12(23(24)25)14(21-9-20-13)22-11-6-3-2-5-10(11)15(16,17)18/h2-3,5-6,9H,4,7-8H2,1H3,(H2,19,20,21,22). The van der Waals surface area contributed by atoms with Crippen LogP contribution in [0.2, 0.25) is 0 Å². The second kappa shape index (κ2) is 8.43. The molecule has 0 unspecified atom stereocenters. The molecule has 2 rings (SSSR count). The number of hydrogen-bond donors (Lipinski definition) is 2. The van der Waals surface area contributed by atoms with E-state index in [0.29, 0.717) is 19.6 Å². The molecule has 0 aliphatic carbocycles. The number of ether oxygens (including phenoxy) is 1. The maximum absolute atomic E-state index is 13.1. The predicted octanol–water partition coefficient (Wildman–Crippen LogP) is 3.60. The van der Waals surface area contributed by atoms with E-state index in [0.717, 1.165) is 12.4 Å². The molecule has 0 amide bonds. The zero-order chi connectivity index (χ0) is 19.2. The molecule has 0 aliphatic rings. The summed E-state index contributed by atoms with van der Waals surface area (Å²) in [7, 11) is 1.52. The van der Waals surface area contributed by atoms with Gasteiger partial charge in [0.25, 0.3) is 0 Å². The van der Waals surface area contributed by atoms with Gasteiger partial charge in [0.15, 0.2) is 0 Å². The summed E-state index contributed by atoms with van der Waals surface area (Å²) < 4.78 is 44.2. The number of anilines is 3. The molecule has 0 saturated carbocycles. The maximum atomic E-state index is 13.1. The lowest BCUT2D eigenvalue weighted by atomic mass is 10.1. The van der Waals surface area contributed by atoms with E-state index < -0.39 is 22.4 Å². The molecule has 0 atom stereocenters. The van der Waals surface area contributed by atoms with Gasteiger partial charge in [-0.05, 0) is 18.6 Å². The van der Waals surface area contributed by atoms with Crippen molar-refractivity contribution < 1.29 is 22.8 Å². The molecule has 0 bridgehead atoms. The lowest BCUT2D eigenvalue weighted by Gasteiger charge is -2.14. The largest absolute Gasteiger partial charge is 0.418 e. The summed E-state index contributed by atoms with van der Waals surface area (Å²) in [5.41, 5.74) is -1.84. The Hall–Kier alpha value is -2.95. The quantitative estimate of drug-likeness (QED) is 0.415. The van der Waals surface area contributed by atoms with Crippen LogP contribution in [-0.2, 0) is 10.9 Å². The smallest absolute Gasteiger partial charge is 0.385 e. The van der Waals surface area contributed by atoms with Crippen LogP contribution in [0.15, 0.2) is 30.6 Å². The molecule has 0 saturated heterocycles. The molecule has 1 heterocycles. The number of para-hydroxylation sites is 1. The van der Waals surface area contributed by atoms with Crippen molar-refractivity contribution >= 4 is 23.0 Å². The van der Waals surface area contributed by atoms with Gasteiger partial charge < -0.3 is 15.4 Å². The van der Waals surface area contributed by atoms with E-state index in [1.165, 1.54) is 25.3 Å². The normalized spacial score (nSPS) is 11.2. The molecule has 2 N–H and O–H groups in total. The minimum Gasteiger partial charge on any atom is -0.385 e. The number of nitrogens with one attached hydrogen (secondary N) is 2. The molecule has 1 aromatic carbocycles. The van der Waals surface area contributed by atoms with Crippen LogP contribution >= 0.6 is 0 Å². The fraction of sp³-hybridized carbons (Fsp3) is 0.333. The summed E-state index contributed by atoms with van der Waals surface area (Å²) in [6, 6.07) is 4.65. The van der Waals surface area contributed by atoms with Crippen LogP contribution in [0.5, 0.6) is 0 Å². The molecule has 8 nitrogen and oxygen atoms in total. The molecule has 0 aliphatic heterocycles.